The second-order valence-corrected chi connectivity index (χ2v) is 44.1. The highest BCUT2D eigenvalue weighted by Crippen LogP contribution is 2.46. The molecule has 3 N–H and O–H groups in total. The van der Waals surface area contributed by atoms with Gasteiger partial charge < -0.3 is 33.8 Å². The van der Waals surface area contributed by atoms with Gasteiger partial charge in [0.05, 0.1) is 39.6 Å². The smallest absolute Gasteiger partial charge is 0.388 e. The summed E-state index contributed by atoms with van der Waals surface area (Å²) in [5.74, 6) is 13.0. The minimum atomic E-state index is -4.72. The van der Waals surface area contributed by atoms with E-state index in [0.717, 1.165) is 122 Å². The van der Waals surface area contributed by atoms with Crippen LogP contribution in [-0.2, 0) is 46.2 Å². The number of aliphatic hydroxyl groups excluding tert-OH is 1. The van der Waals surface area contributed by atoms with E-state index in [-0.39, 0.29) is 26.4 Å². The molecule has 686 valence electrons. The molecular formula is C99H202O13P2. The molecule has 0 aliphatic rings. The predicted molar refractivity (Wildman–Crippen MR) is 491 cm³/mol. The Morgan fingerprint density at radius 2 is 0.351 bits per heavy atom. The fraction of sp³-hybridized carbons (Fsp3) is 1.00. The molecule has 0 spiro atoms. The van der Waals surface area contributed by atoms with Crippen molar-refractivity contribution in [1.29, 1.82) is 0 Å². The minimum absolute atomic E-state index is 0.191. The molecule has 0 radical (unpaired) electrons. The van der Waals surface area contributed by atoms with Crippen molar-refractivity contribution in [3.05, 3.63) is 0 Å². The number of aliphatic hydroxyl groups is 1. The number of rotatable bonds is 86. The zero-order valence-corrected chi connectivity index (χ0v) is 81.8. The predicted octanol–water partition coefficient (Wildman–Crippen LogP) is 30.9. The van der Waals surface area contributed by atoms with Crippen LogP contribution in [0.25, 0.3) is 0 Å². The number of phosphoric ester groups is 2. The lowest BCUT2D eigenvalue weighted by Crippen LogP contribution is -2.28. The van der Waals surface area contributed by atoms with Crippen LogP contribution in [0.4, 0.5) is 0 Å². The molecule has 0 saturated heterocycles. The summed E-state index contributed by atoms with van der Waals surface area (Å²) in [6.07, 6.45) is 55.2. The van der Waals surface area contributed by atoms with Gasteiger partial charge >= 0.3 is 15.6 Å². The summed E-state index contributed by atoms with van der Waals surface area (Å²) in [5.41, 5.74) is 0. The first-order chi connectivity index (χ1) is 54.0. The van der Waals surface area contributed by atoms with Gasteiger partial charge in [-0.15, -0.1) is 0 Å². The normalized spacial score (nSPS) is 18.1. The lowest BCUT2D eigenvalue weighted by molar-refractivity contribution is -0.0513. The van der Waals surface area contributed by atoms with Crippen molar-refractivity contribution in [1.82, 2.24) is 0 Å². The molecule has 0 amide bonds. The monoisotopic (exact) mass is 1660 g/mol. The van der Waals surface area contributed by atoms with E-state index in [1.165, 1.54) is 244 Å². The van der Waals surface area contributed by atoms with Crippen LogP contribution in [0.1, 0.15) is 448 Å². The van der Waals surface area contributed by atoms with Crippen LogP contribution in [0.15, 0.2) is 0 Å². The zero-order valence-electron chi connectivity index (χ0n) is 80.0. The van der Waals surface area contributed by atoms with Crippen LogP contribution in [0.2, 0.25) is 0 Å². The Labute approximate surface area is 711 Å². The summed E-state index contributed by atoms with van der Waals surface area (Å²) >= 11 is 0. The SMILES string of the molecule is CC(C)CCC[C@@H](C)CCC[C@@H](C)CCC[C@@H](C)CCC[C@@H](C)CCO[C@@H](COCC[C@H](C)CCC[C@H](C)CCC[C@H](C)CCCC(C)C)COP(=O)(O)OCC(O)COP(=O)(O)OC[C@H](COCC[C@H](C)CCC[C@H](C)CCC[C@H](C)CCCC(C)C)OCC[C@H](C)CCC[C@H](C)CCC[C@H](C)CCC[C@H](C)CCCC(C)C. The van der Waals surface area contributed by atoms with E-state index in [1.54, 1.807) is 0 Å². The van der Waals surface area contributed by atoms with E-state index >= 15 is 0 Å². The number of phosphoric acid groups is 2. The molecule has 15 heteroatoms. The summed E-state index contributed by atoms with van der Waals surface area (Å²) in [6, 6.07) is 0. The molecule has 0 bridgehead atoms. The highest BCUT2D eigenvalue weighted by Gasteiger charge is 2.30. The standard InChI is InChI=1S/C99H202O13P2/c1-79(2)37-23-41-83(9)45-27-49-87(13)53-31-55-91(17)59-35-63-95(21)67-71-107-98(75-105-69-65-93(19)61-33-57-89(15)51-29-47-85(11)43-25-39-81(5)6)77-111-113(101,102)109-73-97(100)74-110-114(103,104)112-78-99(76-106-70-66-94(20)62-34-58-90(16)52-30-48-86(12)44-26-40-82(7)8)108-72-68-96(22)64-36-60-92(18)56-32-54-88(14)50-28-46-84(10)42-24-38-80(3)4/h79-100H,23-78H2,1-22H3,(H,101,102)(H,103,104)/t83-,84-,85-,86-,87-,88-,89-,90-,91-,92-,93-,94-,95-,96-,98+,99+/m1/s1. The highest BCUT2D eigenvalue weighted by molar-refractivity contribution is 7.47. The van der Waals surface area contributed by atoms with Crippen LogP contribution >= 0.6 is 15.6 Å². The maximum Gasteiger partial charge on any atom is 0.472 e. The van der Waals surface area contributed by atoms with Gasteiger partial charge in [-0.2, -0.15) is 0 Å². The molecule has 0 fully saturated rings. The molecule has 18 atom stereocenters. The van der Waals surface area contributed by atoms with Crippen LogP contribution in [0.5, 0.6) is 0 Å². The van der Waals surface area contributed by atoms with Crippen molar-refractivity contribution < 1.29 is 61.1 Å². The third-order valence-electron chi connectivity index (χ3n) is 25.6. The molecule has 13 nitrogen and oxygen atoms in total. The molecule has 0 aromatic carbocycles. The van der Waals surface area contributed by atoms with E-state index in [1.807, 2.05) is 0 Å². The highest BCUT2D eigenvalue weighted by atomic mass is 31.2. The Kier molecular flexibility index (Phi) is 73.4. The fourth-order valence-corrected chi connectivity index (χ4v) is 18.2. The largest absolute Gasteiger partial charge is 0.472 e. The first-order valence-corrected chi connectivity index (χ1v) is 52.3. The summed E-state index contributed by atoms with van der Waals surface area (Å²) in [5, 5.41) is 10.9. The maximum absolute atomic E-state index is 13.4. The van der Waals surface area contributed by atoms with Crippen LogP contribution in [-0.4, -0.2) is 99.3 Å². The molecular weight excluding hydrogens is 1460 g/mol. The lowest BCUT2D eigenvalue weighted by atomic mass is 9.90. The zero-order chi connectivity index (χ0) is 85.4. The number of hydrogen-bond acceptors (Lipinski definition) is 11. The van der Waals surface area contributed by atoms with Crippen molar-refractivity contribution in [3.63, 3.8) is 0 Å². The van der Waals surface area contributed by atoms with Crippen molar-refractivity contribution in [2.45, 2.75) is 466 Å². The van der Waals surface area contributed by atoms with E-state index < -0.39 is 47.2 Å². The van der Waals surface area contributed by atoms with Gasteiger partial charge in [0.25, 0.3) is 0 Å². The first kappa shape index (κ1) is 114. The number of ether oxygens (including phenoxy) is 4. The molecule has 0 saturated carbocycles. The van der Waals surface area contributed by atoms with E-state index in [2.05, 4.69) is 152 Å². The van der Waals surface area contributed by atoms with Gasteiger partial charge in [0, 0.05) is 26.4 Å². The topological polar surface area (TPSA) is 169 Å². The third kappa shape index (κ3) is 76.9. The second kappa shape index (κ2) is 73.4. The molecule has 2 unspecified atom stereocenters. The lowest BCUT2D eigenvalue weighted by Gasteiger charge is -2.23. The van der Waals surface area contributed by atoms with Gasteiger partial charge in [0.2, 0.25) is 0 Å². The summed E-state index contributed by atoms with van der Waals surface area (Å²) < 4.78 is 73.5. The van der Waals surface area contributed by atoms with Crippen LogP contribution < -0.4 is 0 Å². The maximum atomic E-state index is 13.4. The Morgan fingerprint density at radius 3 is 0.526 bits per heavy atom. The van der Waals surface area contributed by atoms with Gasteiger partial charge in [-0.05, 0) is 132 Å². The summed E-state index contributed by atoms with van der Waals surface area (Å²) in [6.45, 7) is 52.6. The molecule has 0 aliphatic carbocycles. The van der Waals surface area contributed by atoms with E-state index in [9.17, 15) is 24.0 Å². The molecule has 0 rings (SSSR count). The van der Waals surface area contributed by atoms with Crippen molar-refractivity contribution in [2.75, 3.05) is 66.1 Å². The molecule has 114 heavy (non-hydrogen) atoms. The Hall–Kier alpha value is 0.0200. The Bertz CT molecular complexity index is 2020. The van der Waals surface area contributed by atoms with Gasteiger partial charge in [0.1, 0.15) is 18.3 Å². The van der Waals surface area contributed by atoms with E-state index in [0.29, 0.717) is 61.9 Å². The molecule has 0 heterocycles. The third-order valence-corrected chi connectivity index (χ3v) is 27.5. The molecule has 0 aliphatic heterocycles. The van der Waals surface area contributed by atoms with Crippen molar-refractivity contribution in [3.8, 4) is 0 Å². The van der Waals surface area contributed by atoms with Crippen LogP contribution in [0.3, 0.4) is 0 Å². The quantitative estimate of drug-likeness (QED) is 0.0389. The van der Waals surface area contributed by atoms with Gasteiger partial charge in [0.15, 0.2) is 0 Å². The van der Waals surface area contributed by atoms with Gasteiger partial charge in [-0.1, -0.05) is 422 Å². The Balaban J connectivity index is 5.58. The van der Waals surface area contributed by atoms with Crippen molar-refractivity contribution in [2.24, 2.45) is 107 Å². The minimum Gasteiger partial charge on any atom is -0.388 e. The molecule has 0 aromatic rings. The second-order valence-electron chi connectivity index (χ2n) is 41.1. The average Bonchev–Trinajstić information content (AvgIpc) is 0.896. The van der Waals surface area contributed by atoms with Crippen LogP contribution in [0, 0.1) is 107 Å². The number of hydrogen-bond donors (Lipinski definition) is 3. The Morgan fingerprint density at radius 1 is 0.202 bits per heavy atom. The summed E-state index contributed by atoms with van der Waals surface area (Å²) in [7, 11) is -9.45. The average molecular weight is 1660 g/mol. The van der Waals surface area contributed by atoms with Gasteiger partial charge in [-0.25, -0.2) is 9.13 Å². The van der Waals surface area contributed by atoms with Gasteiger partial charge in [-0.3, -0.25) is 18.1 Å². The molecule has 0 aromatic heterocycles. The summed E-state index contributed by atoms with van der Waals surface area (Å²) in [4.78, 5) is 21.8. The first-order valence-electron chi connectivity index (χ1n) is 49.3. The fourth-order valence-electron chi connectivity index (χ4n) is 16.7. The van der Waals surface area contributed by atoms with E-state index in [4.69, 9.17) is 37.0 Å². The van der Waals surface area contributed by atoms with Crippen molar-refractivity contribution >= 4 is 15.6 Å².